The number of sulfonamides is 2. The zero-order chi connectivity index (χ0) is 15.4. The number of hydrogen-bond donors (Lipinski definition) is 2. The van der Waals surface area contributed by atoms with Gasteiger partial charge in [0.05, 0.1) is 6.61 Å². The average molecular weight is 342 g/mol. The predicted octanol–water partition coefficient (Wildman–Crippen LogP) is -0.622. The molecule has 0 aliphatic heterocycles. The van der Waals surface area contributed by atoms with Crippen LogP contribution in [0.1, 0.15) is 11.8 Å². The molecule has 0 bridgehead atoms. The van der Waals surface area contributed by atoms with Gasteiger partial charge in [-0.15, -0.1) is 11.3 Å². The van der Waals surface area contributed by atoms with Crippen molar-refractivity contribution in [1.29, 1.82) is 0 Å². The van der Waals surface area contributed by atoms with Gasteiger partial charge in [-0.3, -0.25) is 4.79 Å². The number of carbonyl (C=O) groups is 1. The average Bonchev–Trinajstić information content (AvgIpc) is 2.74. The van der Waals surface area contributed by atoms with Gasteiger partial charge in [0.25, 0.3) is 0 Å². The number of hydrogen-bond acceptors (Lipinski definition) is 7. The van der Waals surface area contributed by atoms with Crippen molar-refractivity contribution in [2.24, 2.45) is 5.14 Å². The van der Waals surface area contributed by atoms with E-state index in [-0.39, 0.29) is 17.4 Å². The van der Waals surface area contributed by atoms with Crippen LogP contribution in [-0.4, -0.2) is 35.2 Å². The molecule has 0 spiro atoms. The van der Waals surface area contributed by atoms with Gasteiger partial charge >= 0.3 is 5.97 Å². The van der Waals surface area contributed by atoms with Gasteiger partial charge in [0.1, 0.15) is 4.21 Å². The molecule has 0 unspecified atom stereocenters. The summed E-state index contributed by atoms with van der Waals surface area (Å²) >= 11 is 0.854. The lowest BCUT2D eigenvalue weighted by atomic mass is 10.5. The van der Waals surface area contributed by atoms with Gasteiger partial charge in [0.2, 0.25) is 20.0 Å². The summed E-state index contributed by atoms with van der Waals surface area (Å²) in [5.41, 5.74) is 0. The van der Waals surface area contributed by atoms with E-state index in [2.05, 4.69) is 9.46 Å². The zero-order valence-corrected chi connectivity index (χ0v) is 13.0. The summed E-state index contributed by atoms with van der Waals surface area (Å²) in [7, 11) is -7.62. The molecule has 3 N–H and O–H groups in total. The first-order valence-electron chi connectivity index (χ1n) is 5.38. The van der Waals surface area contributed by atoms with Crippen molar-refractivity contribution in [1.82, 2.24) is 4.72 Å². The summed E-state index contributed by atoms with van der Waals surface area (Å²) in [6, 6.07) is 2.73. The Bertz CT molecular complexity index is 676. The van der Waals surface area contributed by atoms with Crippen molar-refractivity contribution in [3.8, 4) is 0 Å². The van der Waals surface area contributed by atoms with Crippen LogP contribution in [0.25, 0.3) is 0 Å². The second-order valence-corrected chi connectivity index (χ2v) is 8.41. The maximum absolute atomic E-state index is 11.5. The molecular weight excluding hydrogens is 328 g/mol. The van der Waals surface area contributed by atoms with E-state index in [1.807, 2.05) is 0 Å². The smallest absolute Gasteiger partial charge is 0.322 e. The Balaban J connectivity index is 2.63. The topological polar surface area (TPSA) is 133 Å². The highest BCUT2D eigenvalue weighted by Gasteiger charge is 2.18. The highest BCUT2D eigenvalue weighted by molar-refractivity contribution is 7.91. The lowest BCUT2D eigenvalue weighted by molar-refractivity contribution is -0.139. The number of primary sulfonamides is 1. The molecule has 20 heavy (non-hydrogen) atoms. The molecule has 0 aliphatic carbocycles. The van der Waals surface area contributed by atoms with Crippen LogP contribution in [0.2, 0.25) is 0 Å². The molecule has 114 valence electrons. The molecule has 0 aliphatic rings. The highest BCUT2D eigenvalue weighted by Crippen LogP contribution is 2.20. The Labute approximate surface area is 121 Å². The summed E-state index contributed by atoms with van der Waals surface area (Å²) in [4.78, 5) is 11.5. The summed E-state index contributed by atoms with van der Waals surface area (Å²) in [5, 5.41) is 4.93. The Morgan fingerprint density at radius 3 is 2.50 bits per heavy atom. The van der Waals surface area contributed by atoms with Crippen LogP contribution in [0.5, 0.6) is 0 Å². The van der Waals surface area contributed by atoms with Crippen molar-refractivity contribution >= 4 is 37.4 Å². The van der Waals surface area contributed by atoms with Gasteiger partial charge in [-0.1, -0.05) is 0 Å². The van der Waals surface area contributed by atoms with E-state index in [0.717, 1.165) is 11.3 Å². The molecule has 8 nitrogen and oxygen atoms in total. The van der Waals surface area contributed by atoms with Gasteiger partial charge in [-0.05, 0) is 19.1 Å². The number of carbonyl (C=O) groups excluding carboxylic acids is 1. The van der Waals surface area contributed by atoms with E-state index >= 15 is 0 Å². The maximum atomic E-state index is 11.5. The van der Waals surface area contributed by atoms with Crippen molar-refractivity contribution < 1.29 is 26.4 Å². The van der Waals surface area contributed by atoms with E-state index in [1.165, 1.54) is 12.1 Å². The van der Waals surface area contributed by atoms with Crippen LogP contribution in [-0.2, 0) is 36.1 Å². The van der Waals surface area contributed by atoms with Crippen LogP contribution < -0.4 is 9.86 Å². The quantitative estimate of drug-likeness (QED) is 0.634. The molecule has 0 saturated heterocycles. The summed E-state index contributed by atoms with van der Waals surface area (Å²) in [6.07, 6.45) is 0. The molecule has 0 atom stereocenters. The third-order valence-corrected chi connectivity index (χ3v) is 5.72. The first-order chi connectivity index (χ1) is 9.14. The Morgan fingerprint density at radius 2 is 2.00 bits per heavy atom. The summed E-state index contributed by atoms with van der Waals surface area (Å²) in [5.74, 6) is -1.63. The first-order valence-corrected chi connectivity index (χ1v) is 9.40. The molecule has 0 fully saturated rings. The van der Waals surface area contributed by atoms with Crippen molar-refractivity contribution in [3.63, 3.8) is 0 Å². The highest BCUT2D eigenvalue weighted by atomic mass is 32.2. The summed E-state index contributed by atoms with van der Waals surface area (Å²) in [6.45, 7) is 1.54. The number of ether oxygens (including phenoxy) is 1. The number of nitrogens with two attached hydrogens (primary N) is 1. The SMILES string of the molecule is CCOC(=O)CS(=O)(=O)NCc1ccc(S(N)(=O)=O)s1. The maximum Gasteiger partial charge on any atom is 0.322 e. The predicted molar refractivity (Wildman–Crippen MR) is 73.0 cm³/mol. The van der Waals surface area contributed by atoms with Crippen molar-refractivity contribution in [2.45, 2.75) is 17.7 Å². The fraction of sp³-hybridized carbons (Fsp3) is 0.444. The van der Waals surface area contributed by atoms with Gasteiger partial charge in [-0.25, -0.2) is 26.7 Å². The second kappa shape index (κ2) is 6.63. The fourth-order valence-electron chi connectivity index (χ4n) is 1.20. The summed E-state index contributed by atoms with van der Waals surface area (Å²) < 4.78 is 51.8. The van der Waals surface area contributed by atoms with Gasteiger partial charge in [0.15, 0.2) is 5.75 Å². The van der Waals surface area contributed by atoms with E-state index in [4.69, 9.17) is 5.14 Å². The largest absolute Gasteiger partial charge is 0.465 e. The monoisotopic (exact) mass is 342 g/mol. The molecule has 1 rings (SSSR count). The Morgan fingerprint density at radius 1 is 1.35 bits per heavy atom. The van der Waals surface area contributed by atoms with Gasteiger partial charge < -0.3 is 4.74 Å². The van der Waals surface area contributed by atoms with Crippen LogP contribution in [0.3, 0.4) is 0 Å². The van der Waals surface area contributed by atoms with Crippen LogP contribution in [0.15, 0.2) is 16.3 Å². The Kier molecular flexibility index (Phi) is 5.65. The normalized spacial score (nSPS) is 12.3. The van der Waals surface area contributed by atoms with Crippen LogP contribution in [0, 0.1) is 0 Å². The molecule has 0 aromatic carbocycles. The molecule has 11 heteroatoms. The number of rotatable bonds is 7. The second-order valence-electron chi connectivity index (χ2n) is 3.65. The minimum atomic E-state index is -3.83. The fourth-order valence-corrected chi connectivity index (χ4v) is 3.88. The van der Waals surface area contributed by atoms with Crippen molar-refractivity contribution in [3.05, 3.63) is 17.0 Å². The number of thiophene rings is 1. The molecule has 1 aromatic heterocycles. The van der Waals surface area contributed by atoms with E-state index in [9.17, 15) is 21.6 Å². The molecule has 1 aromatic rings. The van der Waals surface area contributed by atoms with Gasteiger partial charge in [0, 0.05) is 11.4 Å². The molecule has 1 heterocycles. The molecular formula is C9H14N2O6S3. The van der Waals surface area contributed by atoms with E-state index < -0.39 is 31.8 Å². The lowest BCUT2D eigenvalue weighted by Crippen LogP contribution is -2.30. The van der Waals surface area contributed by atoms with E-state index in [1.54, 1.807) is 6.92 Å². The minimum Gasteiger partial charge on any atom is -0.465 e. The third-order valence-electron chi connectivity index (χ3n) is 2.00. The lowest BCUT2D eigenvalue weighted by Gasteiger charge is -2.05. The number of esters is 1. The number of nitrogens with one attached hydrogen (secondary N) is 1. The zero-order valence-electron chi connectivity index (χ0n) is 10.5. The minimum absolute atomic E-state index is 0.0582. The molecule has 0 radical (unpaired) electrons. The third kappa shape index (κ3) is 5.54. The van der Waals surface area contributed by atoms with Gasteiger partial charge in [-0.2, -0.15) is 0 Å². The first kappa shape index (κ1) is 17.0. The van der Waals surface area contributed by atoms with Crippen molar-refractivity contribution in [2.75, 3.05) is 12.4 Å². The van der Waals surface area contributed by atoms with Crippen LogP contribution >= 0.6 is 11.3 Å². The molecule has 0 amide bonds. The Hall–Kier alpha value is -1.01. The standard InChI is InChI=1S/C9H14N2O6S3/c1-2-17-8(12)6-19(13,14)11-5-7-3-4-9(18-7)20(10,15)16/h3-4,11H,2,5-6H2,1H3,(H2,10,15,16). The molecule has 0 saturated carbocycles. The van der Waals surface area contributed by atoms with E-state index in [0.29, 0.717) is 4.88 Å². The van der Waals surface area contributed by atoms with Crippen LogP contribution in [0.4, 0.5) is 0 Å².